The molecule has 0 N–H and O–H groups in total. The number of likely N-dealkylation sites (tertiary alicyclic amines) is 1. The summed E-state index contributed by atoms with van der Waals surface area (Å²) in [6.45, 7) is 13.9. The molecule has 2 heterocycles. The maximum Gasteiger partial charge on any atom is 0.243 e. The van der Waals surface area contributed by atoms with Crippen LogP contribution < -0.4 is 0 Å². The fraction of sp³-hybridized carbons (Fsp3) is 0.929. The summed E-state index contributed by atoms with van der Waals surface area (Å²) in [7, 11) is 2.02. The van der Waals surface area contributed by atoms with Gasteiger partial charge in [0.15, 0.2) is 0 Å². The van der Waals surface area contributed by atoms with Crippen molar-refractivity contribution in [3.05, 3.63) is 0 Å². The Morgan fingerprint density at radius 3 is 1.89 bits per heavy atom. The second-order valence-corrected chi connectivity index (χ2v) is 4.35. The second-order valence-electron chi connectivity index (χ2n) is 4.35. The summed E-state index contributed by atoms with van der Waals surface area (Å²) >= 11 is 0. The zero-order chi connectivity index (χ0) is 14.2. The molecule has 0 aromatic heterocycles. The van der Waals surface area contributed by atoms with E-state index in [1.165, 1.54) is 0 Å². The maximum atomic E-state index is 12.1. The fourth-order valence-corrected chi connectivity index (χ4v) is 2.05. The number of nitrogens with zero attached hydrogens (tertiary/aromatic N) is 2. The first-order valence-corrected chi connectivity index (χ1v) is 7.23. The Morgan fingerprint density at radius 2 is 1.56 bits per heavy atom. The second kappa shape index (κ2) is 8.48. The minimum atomic E-state index is -0.239. The lowest BCUT2D eigenvalue weighted by atomic mass is 9.86. The molecule has 1 atom stereocenters. The molecule has 0 aliphatic carbocycles. The van der Waals surface area contributed by atoms with Gasteiger partial charge in [0, 0.05) is 19.6 Å². The predicted octanol–water partition coefficient (Wildman–Crippen LogP) is 1.99. The first kappa shape index (κ1) is 17.4. The Kier molecular flexibility index (Phi) is 8.20. The largest absolute Gasteiger partial charge is 0.378 e. The smallest absolute Gasteiger partial charge is 0.243 e. The van der Waals surface area contributed by atoms with E-state index in [1.54, 1.807) is 0 Å². The average molecular weight is 258 g/mol. The van der Waals surface area contributed by atoms with Crippen LogP contribution in [0.5, 0.6) is 0 Å². The third kappa shape index (κ3) is 3.69. The summed E-state index contributed by atoms with van der Waals surface area (Å²) in [4.78, 5) is 16.2. The van der Waals surface area contributed by atoms with Crippen molar-refractivity contribution in [1.29, 1.82) is 0 Å². The van der Waals surface area contributed by atoms with Gasteiger partial charge < -0.3 is 9.64 Å². The molecule has 108 valence electrons. The SMILES string of the molecule is CC.CC.CN1CCC1(C)C(=O)N1CCOCC1. The van der Waals surface area contributed by atoms with Crippen LogP contribution in [0.1, 0.15) is 41.0 Å². The quantitative estimate of drug-likeness (QED) is 0.721. The van der Waals surface area contributed by atoms with Crippen LogP contribution in [0.3, 0.4) is 0 Å². The highest BCUT2D eigenvalue weighted by molar-refractivity contribution is 5.87. The third-order valence-corrected chi connectivity index (χ3v) is 3.54. The number of morpholine rings is 1. The first-order chi connectivity index (χ1) is 8.64. The monoisotopic (exact) mass is 258 g/mol. The Bertz CT molecular complexity index is 240. The molecule has 18 heavy (non-hydrogen) atoms. The van der Waals surface area contributed by atoms with Gasteiger partial charge in [-0.2, -0.15) is 0 Å². The van der Waals surface area contributed by atoms with Crippen molar-refractivity contribution < 1.29 is 9.53 Å². The predicted molar refractivity (Wildman–Crippen MR) is 75.7 cm³/mol. The molecule has 0 bridgehead atoms. The molecule has 0 aromatic rings. The van der Waals surface area contributed by atoms with Crippen LogP contribution in [0.15, 0.2) is 0 Å². The van der Waals surface area contributed by atoms with Gasteiger partial charge in [-0.05, 0) is 20.4 Å². The van der Waals surface area contributed by atoms with E-state index < -0.39 is 0 Å². The molecule has 4 heteroatoms. The lowest BCUT2D eigenvalue weighted by Gasteiger charge is -2.49. The number of carbonyl (C=O) groups is 1. The topological polar surface area (TPSA) is 32.8 Å². The Hall–Kier alpha value is -0.610. The van der Waals surface area contributed by atoms with Crippen LogP contribution in [-0.4, -0.2) is 61.1 Å². The summed E-state index contributed by atoms with van der Waals surface area (Å²) in [5.74, 6) is 0.273. The number of rotatable bonds is 1. The van der Waals surface area contributed by atoms with Crippen LogP contribution in [-0.2, 0) is 9.53 Å². The highest BCUT2D eigenvalue weighted by Gasteiger charge is 2.46. The Labute approximate surface area is 112 Å². The van der Waals surface area contributed by atoms with E-state index in [-0.39, 0.29) is 11.4 Å². The zero-order valence-corrected chi connectivity index (χ0v) is 13.0. The van der Waals surface area contributed by atoms with Crippen molar-refractivity contribution in [1.82, 2.24) is 9.80 Å². The number of hydrogen-bond acceptors (Lipinski definition) is 3. The molecule has 0 saturated carbocycles. The molecule has 1 amide bonds. The summed E-state index contributed by atoms with van der Waals surface area (Å²) in [6.07, 6.45) is 0.986. The van der Waals surface area contributed by atoms with Crippen LogP contribution in [0.25, 0.3) is 0 Å². The third-order valence-electron chi connectivity index (χ3n) is 3.54. The Balaban J connectivity index is 0.000000659. The van der Waals surface area contributed by atoms with Crippen molar-refractivity contribution in [3.8, 4) is 0 Å². The minimum Gasteiger partial charge on any atom is -0.378 e. The standard InChI is InChI=1S/C10H18N2O2.2C2H6/c1-10(3-4-11(10)2)9(13)12-5-7-14-8-6-12;2*1-2/h3-8H2,1-2H3;2*1-2H3. The van der Waals surface area contributed by atoms with Gasteiger partial charge in [-0.15, -0.1) is 0 Å². The van der Waals surface area contributed by atoms with Gasteiger partial charge in [0.05, 0.1) is 18.8 Å². The Morgan fingerprint density at radius 1 is 1.06 bits per heavy atom. The molecule has 2 fully saturated rings. The molecule has 2 rings (SSSR count). The average Bonchev–Trinajstić information content (AvgIpc) is 2.49. The number of amides is 1. The van der Waals surface area contributed by atoms with Gasteiger partial charge in [-0.1, -0.05) is 27.7 Å². The molecule has 2 aliphatic rings. The van der Waals surface area contributed by atoms with Crippen molar-refractivity contribution in [2.45, 2.75) is 46.6 Å². The summed E-state index contributed by atoms with van der Waals surface area (Å²) in [5.41, 5.74) is -0.239. The molecule has 0 radical (unpaired) electrons. The van der Waals surface area contributed by atoms with Gasteiger partial charge in [0.1, 0.15) is 0 Å². The molecular weight excluding hydrogens is 228 g/mol. The van der Waals surface area contributed by atoms with Crippen molar-refractivity contribution in [2.24, 2.45) is 0 Å². The van der Waals surface area contributed by atoms with E-state index in [0.717, 1.165) is 26.1 Å². The minimum absolute atomic E-state index is 0.239. The molecule has 2 saturated heterocycles. The molecule has 0 aromatic carbocycles. The molecule has 1 unspecified atom stereocenters. The molecule has 4 nitrogen and oxygen atoms in total. The van der Waals surface area contributed by atoms with Crippen molar-refractivity contribution >= 4 is 5.91 Å². The normalized spacial score (nSPS) is 27.1. The van der Waals surface area contributed by atoms with E-state index in [0.29, 0.717) is 13.2 Å². The molecule has 0 spiro atoms. The highest BCUT2D eigenvalue weighted by atomic mass is 16.5. The van der Waals surface area contributed by atoms with Gasteiger partial charge in [0.25, 0.3) is 0 Å². The number of likely N-dealkylation sites (N-methyl/N-ethyl adjacent to an activating group) is 1. The summed E-state index contributed by atoms with van der Waals surface area (Å²) < 4.78 is 5.23. The number of carbonyl (C=O) groups excluding carboxylic acids is 1. The van der Waals surface area contributed by atoms with E-state index in [4.69, 9.17) is 4.74 Å². The summed E-state index contributed by atoms with van der Waals surface area (Å²) in [6, 6.07) is 0. The zero-order valence-electron chi connectivity index (χ0n) is 13.0. The van der Waals surface area contributed by atoms with Gasteiger partial charge in [-0.3, -0.25) is 9.69 Å². The van der Waals surface area contributed by atoms with Crippen LogP contribution in [0.4, 0.5) is 0 Å². The van der Waals surface area contributed by atoms with Gasteiger partial charge in [-0.25, -0.2) is 0 Å². The van der Waals surface area contributed by atoms with Gasteiger partial charge >= 0.3 is 0 Å². The van der Waals surface area contributed by atoms with Crippen molar-refractivity contribution in [2.75, 3.05) is 39.9 Å². The lowest BCUT2D eigenvalue weighted by molar-refractivity contribution is -0.154. The van der Waals surface area contributed by atoms with E-state index in [2.05, 4.69) is 4.90 Å². The molecule has 2 aliphatic heterocycles. The van der Waals surface area contributed by atoms with E-state index >= 15 is 0 Å². The fourth-order valence-electron chi connectivity index (χ4n) is 2.05. The van der Waals surface area contributed by atoms with Crippen LogP contribution in [0, 0.1) is 0 Å². The highest BCUT2D eigenvalue weighted by Crippen LogP contribution is 2.30. The van der Waals surface area contributed by atoms with E-state index in [1.807, 2.05) is 46.6 Å². The molecular formula is C14H30N2O2. The number of hydrogen-bond donors (Lipinski definition) is 0. The van der Waals surface area contributed by atoms with Crippen LogP contribution >= 0.6 is 0 Å². The van der Waals surface area contributed by atoms with Crippen LogP contribution in [0.2, 0.25) is 0 Å². The maximum absolute atomic E-state index is 12.1. The van der Waals surface area contributed by atoms with Gasteiger partial charge in [0.2, 0.25) is 5.91 Å². The number of ether oxygens (including phenoxy) is 1. The lowest BCUT2D eigenvalue weighted by Crippen LogP contribution is -2.65. The summed E-state index contributed by atoms with van der Waals surface area (Å²) in [5, 5.41) is 0. The first-order valence-electron chi connectivity index (χ1n) is 7.23. The van der Waals surface area contributed by atoms with Crippen molar-refractivity contribution in [3.63, 3.8) is 0 Å². The van der Waals surface area contributed by atoms with E-state index in [9.17, 15) is 4.79 Å².